The fourth-order valence-corrected chi connectivity index (χ4v) is 4.39. The molecule has 2 aliphatic rings. The molecule has 1 aromatic rings. The molecule has 1 aliphatic carbocycles. The van der Waals surface area contributed by atoms with E-state index in [0.717, 1.165) is 57.7 Å². The van der Waals surface area contributed by atoms with E-state index < -0.39 is 0 Å². The van der Waals surface area contributed by atoms with Gasteiger partial charge in [0, 0.05) is 12.0 Å². The first-order chi connectivity index (χ1) is 12.3. The summed E-state index contributed by atoms with van der Waals surface area (Å²) in [6.45, 7) is 8.31. The summed E-state index contributed by atoms with van der Waals surface area (Å²) in [5.41, 5.74) is 1.29. The average Bonchev–Trinajstić information content (AvgIpc) is 2.68. The van der Waals surface area contributed by atoms with Gasteiger partial charge >= 0.3 is 0 Å². The summed E-state index contributed by atoms with van der Waals surface area (Å²) in [4.78, 5) is 15.5. The minimum absolute atomic E-state index is 0. The second-order valence-corrected chi connectivity index (χ2v) is 7.58. The molecule has 4 nitrogen and oxygen atoms in total. The number of quaternary nitrogens is 2. The fourth-order valence-electron chi connectivity index (χ4n) is 4.39. The lowest BCUT2D eigenvalue weighted by Gasteiger charge is -2.30. The molecule has 0 aromatic heterocycles. The molecular formula is C21H34Cl2N2O2. The van der Waals surface area contributed by atoms with Gasteiger partial charge in [0.25, 0.3) is 0 Å². The molecule has 27 heavy (non-hydrogen) atoms. The Bertz CT molecular complexity index is 557. The van der Waals surface area contributed by atoms with Crippen LogP contribution in [0.2, 0.25) is 0 Å². The highest BCUT2D eigenvalue weighted by Crippen LogP contribution is 2.25. The maximum atomic E-state index is 12.4. The van der Waals surface area contributed by atoms with Crippen molar-refractivity contribution >= 4 is 11.5 Å². The third kappa shape index (κ3) is 6.94. The van der Waals surface area contributed by atoms with Crippen LogP contribution in [0.25, 0.3) is 0 Å². The van der Waals surface area contributed by atoms with Crippen LogP contribution in [0.5, 0.6) is 5.75 Å². The van der Waals surface area contributed by atoms with Crippen molar-refractivity contribution in [2.45, 2.75) is 45.4 Å². The Morgan fingerprint density at radius 1 is 1.04 bits per heavy atom. The van der Waals surface area contributed by atoms with E-state index in [0.29, 0.717) is 18.3 Å². The van der Waals surface area contributed by atoms with Gasteiger partial charge in [0.15, 0.2) is 11.4 Å². The van der Waals surface area contributed by atoms with E-state index in [9.17, 15) is 4.79 Å². The van der Waals surface area contributed by atoms with Crippen LogP contribution < -0.4 is 39.4 Å². The van der Waals surface area contributed by atoms with Crippen molar-refractivity contribution in [1.82, 2.24) is 0 Å². The minimum Gasteiger partial charge on any atom is -1.00 e. The number of hydrogen-bond donors (Lipinski definition) is 2. The van der Waals surface area contributed by atoms with E-state index in [1.807, 2.05) is 13.0 Å². The van der Waals surface area contributed by atoms with Crippen LogP contribution in [-0.2, 0) is 4.79 Å². The number of halogens is 2. The van der Waals surface area contributed by atoms with Crippen LogP contribution in [0.15, 0.2) is 24.3 Å². The quantitative estimate of drug-likeness (QED) is 0.467. The topological polar surface area (TPSA) is 35.2 Å². The lowest BCUT2D eigenvalue weighted by atomic mass is 9.85. The van der Waals surface area contributed by atoms with Crippen molar-refractivity contribution in [1.29, 1.82) is 0 Å². The highest BCUT2D eigenvalue weighted by Gasteiger charge is 2.28. The van der Waals surface area contributed by atoms with Crippen molar-refractivity contribution in [3.63, 3.8) is 0 Å². The molecule has 2 fully saturated rings. The average molecular weight is 417 g/mol. The molecule has 1 aliphatic heterocycles. The van der Waals surface area contributed by atoms with Gasteiger partial charge in [-0.15, -0.1) is 0 Å². The van der Waals surface area contributed by atoms with Gasteiger partial charge in [0.1, 0.15) is 32.0 Å². The summed E-state index contributed by atoms with van der Waals surface area (Å²) in [7, 11) is 0. The zero-order chi connectivity index (χ0) is 17.5. The van der Waals surface area contributed by atoms with Crippen LogP contribution in [0, 0.1) is 5.92 Å². The number of hydrogen-bond acceptors (Lipinski definition) is 2. The molecule has 0 radical (unpaired) electrons. The molecule has 1 saturated carbocycles. The number of carbonyl (C=O) groups excluding carboxylic acids is 1. The van der Waals surface area contributed by atoms with E-state index in [2.05, 4.69) is 18.2 Å². The molecular weight excluding hydrogens is 383 g/mol. The molecule has 0 atom stereocenters. The Kier molecular flexibility index (Phi) is 11.3. The van der Waals surface area contributed by atoms with E-state index >= 15 is 0 Å². The number of ether oxygens (including phenoxy) is 1. The van der Waals surface area contributed by atoms with E-state index in [-0.39, 0.29) is 24.8 Å². The molecule has 0 unspecified atom stereocenters. The standard InChI is InChI=1S/C21H32N2O2.2ClH/c1-2-25-21-11-7-6-10-19(21)23-16-14-22(15-17-23)13-12-20(24)18-8-4-3-5-9-18;;/h6-7,10-11,18H,2-5,8-9,12-17H2,1H3;2*1H. The number of piperazine rings is 1. The minimum atomic E-state index is 0. The summed E-state index contributed by atoms with van der Waals surface area (Å²) < 4.78 is 5.79. The van der Waals surface area contributed by atoms with Gasteiger partial charge in [-0.25, -0.2) is 0 Å². The van der Waals surface area contributed by atoms with Crippen LogP contribution in [0.3, 0.4) is 0 Å². The third-order valence-corrected chi connectivity index (χ3v) is 5.91. The molecule has 2 N–H and O–H groups in total. The zero-order valence-corrected chi connectivity index (χ0v) is 18.0. The highest BCUT2D eigenvalue weighted by molar-refractivity contribution is 5.81. The number of ketones is 1. The summed E-state index contributed by atoms with van der Waals surface area (Å²) in [5, 5.41) is 0. The molecule has 1 aromatic carbocycles. The molecule has 0 amide bonds. The van der Waals surface area contributed by atoms with E-state index in [1.54, 1.807) is 4.90 Å². The number of rotatable bonds is 7. The first-order valence-electron chi connectivity index (χ1n) is 10.2. The summed E-state index contributed by atoms with van der Waals surface area (Å²) >= 11 is 0. The Balaban J connectivity index is 0.00000182. The van der Waals surface area contributed by atoms with Gasteiger partial charge in [0.2, 0.25) is 0 Å². The number of carbonyl (C=O) groups is 1. The van der Waals surface area contributed by atoms with Gasteiger partial charge in [-0.1, -0.05) is 31.4 Å². The molecule has 6 heteroatoms. The molecule has 1 heterocycles. The predicted octanol–water partition coefficient (Wildman–Crippen LogP) is -4.95. The number of benzene rings is 1. The zero-order valence-electron chi connectivity index (χ0n) is 16.4. The number of nitrogens with one attached hydrogen (secondary N) is 2. The Morgan fingerprint density at radius 2 is 1.70 bits per heavy atom. The SMILES string of the molecule is CCOc1ccccc1[NH+]1CC[NH+](CCC(=O)C2CCCCC2)CC1.[Cl-].[Cl-]. The summed E-state index contributed by atoms with van der Waals surface area (Å²) in [5.74, 6) is 1.93. The normalized spacial score (nSPS) is 23.0. The summed E-state index contributed by atoms with van der Waals surface area (Å²) in [6.07, 6.45) is 6.89. The molecule has 0 bridgehead atoms. The maximum absolute atomic E-state index is 12.4. The Labute approximate surface area is 176 Å². The van der Waals surface area contributed by atoms with Crippen LogP contribution in [-0.4, -0.2) is 45.1 Å². The van der Waals surface area contributed by atoms with Crippen molar-refractivity contribution < 1.29 is 44.1 Å². The van der Waals surface area contributed by atoms with Crippen LogP contribution >= 0.6 is 0 Å². The van der Waals surface area contributed by atoms with Crippen LogP contribution in [0.4, 0.5) is 5.69 Å². The first kappa shape index (κ1) is 24.2. The number of Topliss-reactive ketones (excluding diaryl/α,β-unsaturated/α-hetero) is 1. The molecule has 1 saturated heterocycles. The lowest BCUT2D eigenvalue weighted by Crippen LogP contribution is -3.26. The van der Waals surface area contributed by atoms with Gasteiger partial charge in [-0.05, 0) is 25.8 Å². The molecule has 0 spiro atoms. The van der Waals surface area contributed by atoms with Crippen LogP contribution in [0.1, 0.15) is 45.4 Å². The summed E-state index contributed by atoms with van der Waals surface area (Å²) in [6, 6.07) is 8.42. The Morgan fingerprint density at radius 3 is 2.37 bits per heavy atom. The van der Waals surface area contributed by atoms with Crippen molar-refractivity contribution in [2.75, 3.05) is 39.3 Å². The lowest BCUT2D eigenvalue weighted by molar-refractivity contribution is -0.986. The van der Waals surface area contributed by atoms with E-state index in [1.165, 1.54) is 29.8 Å². The predicted molar refractivity (Wildman–Crippen MR) is 99.7 cm³/mol. The van der Waals surface area contributed by atoms with Gasteiger partial charge in [-0.3, -0.25) is 9.69 Å². The molecule has 3 rings (SSSR count). The van der Waals surface area contributed by atoms with Gasteiger partial charge < -0.3 is 34.5 Å². The third-order valence-electron chi connectivity index (χ3n) is 5.91. The highest BCUT2D eigenvalue weighted by atomic mass is 35.5. The smallest absolute Gasteiger partial charge is 0.179 e. The van der Waals surface area contributed by atoms with Crippen molar-refractivity contribution in [2.24, 2.45) is 5.92 Å². The fraction of sp³-hybridized carbons (Fsp3) is 0.667. The van der Waals surface area contributed by atoms with Gasteiger partial charge in [0.05, 0.1) is 19.6 Å². The van der Waals surface area contributed by atoms with Crippen molar-refractivity contribution in [3.05, 3.63) is 24.3 Å². The first-order valence-corrected chi connectivity index (χ1v) is 10.2. The maximum Gasteiger partial charge on any atom is 0.179 e. The van der Waals surface area contributed by atoms with Crippen molar-refractivity contribution in [3.8, 4) is 5.75 Å². The monoisotopic (exact) mass is 416 g/mol. The second-order valence-electron chi connectivity index (χ2n) is 7.58. The Hall–Kier alpha value is -0.810. The number of para-hydroxylation sites is 2. The largest absolute Gasteiger partial charge is 1.00 e. The second kappa shape index (κ2) is 12.6. The van der Waals surface area contributed by atoms with E-state index in [4.69, 9.17) is 4.74 Å². The van der Waals surface area contributed by atoms with Gasteiger partial charge in [-0.2, -0.15) is 0 Å². The molecule has 154 valence electrons.